The summed E-state index contributed by atoms with van der Waals surface area (Å²) >= 11 is 0. The largest absolute Gasteiger partial charge is 0.466 e. The molecule has 0 spiro atoms. The third-order valence-electron chi connectivity index (χ3n) is 15.8. The number of carbonyl (C=O) groups is 2. The van der Waals surface area contributed by atoms with E-state index in [4.69, 9.17) is 4.74 Å². The number of hydrogen-bond donors (Lipinski definition) is 3. The molecule has 456 valence electrons. The van der Waals surface area contributed by atoms with E-state index in [0.717, 1.165) is 70.6 Å². The van der Waals surface area contributed by atoms with Gasteiger partial charge < -0.3 is 20.3 Å². The maximum absolute atomic E-state index is 12.5. The highest BCUT2D eigenvalue weighted by molar-refractivity contribution is 5.76. The summed E-state index contributed by atoms with van der Waals surface area (Å²) < 4.78 is 5.50. The van der Waals surface area contributed by atoms with Crippen molar-refractivity contribution in [2.75, 3.05) is 13.2 Å². The number of esters is 1. The fourth-order valence-corrected chi connectivity index (χ4v) is 10.5. The summed E-state index contributed by atoms with van der Waals surface area (Å²) in [6.07, 6.45) is 88.5. The van der Waals surface area contributed by atoms with Crippen molar-refractivity contribution < 1.29 is 24.5 Å². The number of carbonyl (C=O) groups excluding carboxylic acids is 2. The molecule has 2 atom stereocenters. The molecule has 0 bridgehead atoms. The van der Waals surface area contributed by atoms with E-state index in [1.165, 1.54) is 263 Å². The highest BCUT2D eigenvalue weighted by atomic mass is 16.5. The summed E-state index contributed by atoms with van der Waals surface area (Å²) in [7, 11) is 0. The first-order chi connectivity index (χ1) is 38.5. The van der Waals surface area contributed by atoms with Gasteiger partial charge in [-0.05, 0) is 96.3 Å². The van der Waals surface area contributed by atoms with Crippen LogP contribution in [-0.2, 0) is 14.3 Å². The second kappa shape index (κ2) is 67.1. The third kappa shape index (κ3) is 62.8. The van der Waals surface area contributed by atoms with Gasteiger partial charge in [0.1, 0.15) is 0 Å². The highest BCUT2D eigenvalue weighted by Crippen LogP contribution is 2.17. The molecule has 0 saturated carbocycles. The Morgan fingerprint density at radius 1 is 0.359 bits per heavy atom. The molecule has 0 aromatic rings. The quantitative estimate of drug-likeness (QED) is 0.0320. The van der Waals surface area contributed by atoms with E-state index in [0.29, 0.717) is 19.4 Å². The molecule has 0 aliphatic heterocycles. The lowest BCUT2D eigenvalue weighted by Gasteiger charge is -2.20. The lowest BCUT2D eigenvalue weighted by Crippen LogP contribution is -2.45. The second-order valence-corrected chi connectivity index (χ2v) is 23.5. The van der Waals surface area contributed by atoms with Crippen molar-refractivity contribution in [2.45, 2.75) is 373 Å². The number of ether oxygens (including phenoxy) is 1. The number of aliphatic hydroxyl groups is 2. The van der Waals surface area contributed by atoms with Gasteiger partial charge in [0.2, 0.25) is 5.91 Å². The maximum Gasteiger partial charge on any atom is 0.305 e. The second-order valence-electron chi connectivity index (χ2n) is 23.5. The minimum atomic E-state index is -0.853. The Labute approximate surface area is 486 Å². The molecule has 0 rings (SSSR count). The molecule has 6 nitrogen and oxygen atoms in total. The maximum atomic E-state index is 12.5. The molecule has 0 fully saturated rings. The zero-order valence-electron chi connectivity index (χ0n) is 52.1. The SMILES string of the molecule is CCCCC/C=C\C/C=C\CCCCCCCCCCCC(=O)OCCCCCCCCCCC/C=C\C/C=C\CCCCCCCCCC(=O)NC(CO)C(O)/C=C/CCCCCCCCCCCCCCCCCCC. The molecule has 0 aliphatic rings. The summed E-state index contributed by atoms with van der Waals surface area (Å²) in [5.41, 5.74) is 0. The van der Waals surface area contributed by atoms with E-state index in [9.17, 15) is 19.8 Å². The predicted octanol–water partition coefficient (Wildman–Crippen LogP) is 22.3. The Morgan fingerprint density at radius 2 is 0.641 bits per heavy atom. The van der Waals surface area contributed by atoms with Gasteiger partial charge in [-0.15, -0.1) is 0 Å². The highest BCUT2D eigenvalue weighted by Gasteiger charge is 2.18. The Bertz CT molecular complexity index is 1350. The topological polar surface area (TPSA) is 95.9 Å². The van der Waals surface area contributed by atoms with Gasteiger partial charge in [0.15, 0.2) is 0 Å². The van der Waals surface area contributed by atoms with E-state index in [2.05, 4.69) is 67.8 Å². The average molecular weight is 1090 g/mol. The van der Waals surface area contributed by atoms with Crippen LogP contribution in [0.25, 0.3) is 0 Å². The first kappa shape index (κ1) is 75.6. The molecule has 2 unspecified atom stereocenters. The minimum absolute atomic E-state index is 0.00265. The summed E-state index contributed by atoms with van der Waals surface area (Å²) in [6, 6.07) is -0.638. The number of unbranched alkanes of at least 4 members (excludes halogenated alkanes) is 45. The van der Waals surface area contributed by atoms with E-state index in [1.807, 2.05) is 6.08 Å². The molecular formula is C72H133NO5. The van der Waals surface area contributed by atoms with Gasteiger partial charge >= 0.3 is 5.97 Å². The number of rotatable bonds is 64. The molecule has 0 aliphatic carbocycles. The van der Waals surface area contributed by atoms with Gasteiger partial charge in [-0.25, -0.2) is 0 Å². The number of aliphatic hydroxyl groups excluding tert-OH is 2. The molecule has 0 heterocycles. The van der Waals surface area contributed by atoms with Crippen LogP contribution in [-0.4, -0.2) is 47.4 Å². The van der Waals surface area contributed by atoms with Crippen LogP contribution in [0.1, 0.15) is 361 Å². The molecule has 0 saturated heterocycles. The molecule has 0 aromatic heterocycles. The zero-order chi connectivity index (χ0) is 56.4. The summed E-state index contributed by atoms with van der Waals surface area (Å²) in [5.74, 6) is -0.0740. The zero-order valence-corrected chi connectivity index (χ0v) is 52.1. The van der Waals surface area contributed by atoms with Gasteiger partial charge in [-0.1, -0.05) is 312 Å². The van der Waals surface area contributed by atoms with Crippen LogP contribution in [0.3, 0.4) is 0 Å². The Hall–Kier alpha value is -2.44. The van der Waals surface area contributed by atoms with Crippen molar-refractivity contribution in [3.63, 3.8) is 0 Å². The fraction of sp³-hybridized carbons (Fsp3) is 0.833. The van der Waals surface area contributed by atoms with Crippen LogP contribution in [0.5, 0.6) is 0 Å². The lowest BCUT2D eigenvalue weighted by atomic mass is 10.0. The van der Waals surface area contributed by atoms with E-state index in [1.54, 1.807) is 6.08 Å². The molecule has 1 amide bonds. The Balaban J connectivity index is 3.47. The third-order valence-corrected chi connectivity index (χ3v) is 15.8. The monoisotopic (exact) mass is 1090 g/mol. The van der Waals surface area contributed by atoms with Crippen LogP contribution in [0.4, 0.5) is 0 Å². The average Bonchev–Trinajstić information content (AvgIpc) is 3.44. The number of amides is 1. The van der Waals surface area contributed by atoms with Gasteiger partial charge in [-0.3, -0.25) is 9.59 Å². The summed E-state index contributed by atoms with van der Waals surface area (Å²) in [5, 5.41) is 23.2. The van der Waals surface area contributed by atoms with Crippen molar-refractivity contribution >= 4 is 11.9 Å². The van der Waals surface area contributed by atoms with E-state index in [-0.39, 0.29) is 18.5 Å². The van der Waals surface area contributed by atoms with E-state index >= 15 is 0 Å². The standard InChI is InChI=1S/C72H133NO5/c1-3-5-7-9-11-13-15-17-19-21-28-32-36-40-44-48-52-56-60-64-70(75)69(68-74)73-71(76)65-61-57-53-49-45-41-37-33-30-26-24-23-25-27-31-35-39-43-47-51-55-59-63-67-78-72(77)66-62-58-54-50-46-42-38-34-29-22-20-18-16-14-12-10-8-6-4-2/h12,14,18,20,23,25-26,30,60,64,69-70,74-75H,3-11,13,15-17,19,21-22,24,27-29,31-59,61-63,65-68H2,1-2H3,(H,73,76)/b14-12-,20-18-,25-23-,30-26-,64-60+. The Kier molecular flexibility index (Phi) is 65.0. The molecule has 0 radical (unpaired) electrons. The number of hydrogen-bond acceptors (Lipinski definition) is 5. The van der Waals surface area contributed by atoms with Gasteiger partial charge in [0.05, 0.1) is 25.4 Å². The Morgan fingerprint density at radius 3 is 1.00 bits per heavy atom. The van der Waals surface area contributed by atoms with Crippen molar-refractivity contribution in [2.24, 2.45) is 0 Å². The van der Waals surface area contributed by atoms with Crippen molar-refractivity contribution in [1.29, 1.82) is 0 Å². The van der Waals surface area contributed by atoms with Gasteiger partial charge in [0, 0.05) is 12.8 Å². The normalized spacial score (nSPS) is 12.9. The first-order valence-corrected chi connectivity index (χ1v) is 34.6. The van der Waals surface area contributed by atoms with Crippen LogP contribution < -0.4 is 5.32 Å². The van der Waals surface area contributed by atoms with Gasteiger partial charge in [-0.2, -0.15) is 0 Å². The molecule has 0 aromatic carbocycles. The molecule has 6 heteroatoms. The van der Waals surface area contributed by atoms with Gasteiger partial charge in [0.25, 0.3) is 0 Å². The molecular weight excluding hydrogens is 959 g/mol. The number of nitrogens with one attached hydrogen (secondary N) is 1. The van der Waals surface area contributed by atoms with E-state index < -0.39 is 12.1 Å². The smallest absolute Gasteiger partial charge is 0.305 e. The summed E-state index contributed by atoms with van der Waals surface area (Å²) in [6.45, 7) is 4.89. The van der Waals surface area contributed by atoms with Crippen molar-refractivity contribution in [1.82, 2.24) is 5.32 Å². The molecule has 78 heavy (non-hydrogen) atoms. The summed E-state index contributed by atoms with van der Waals surface area (Å²) in [4.78, 5) is 24.6. The lowest BCUT2D eigenvalue weighted by molar-refractivity contribution is -0.143. The van der Waals surface area contributed by atoms with Crippen molar-refractivity contribution in [3.8, 4) is 0 Å². The first-order valence-electron chi connectivity index (χ1n) is 34.6. The minimum Gasteiger partial charge on any atom is -0.466 e. The number of allylic oxidation sites excluding steroid dienone is 9. The predicted molar refractivity (Wildman–Crippen MR) is 342 cm³/mol. The fourth-order valence-electron chi connectivity index (χ4n) is 10.5. The van der Waals surface area contributed by atoms with Crippen LogP contribution in [0.2, 0.25) is 0 Å². The molecule has 3 N–H and O–H groups in total. The van der Waals surface area contributed by atoms with Crippen LogP contribution >= 0.6 is 0 Å². The van der Waals surface area contributed by atoms with Crippen LogP contribution in [0.15, 0.2) is 60.8 Å². The van der Waals surface area contributed by atoms with Crippen LogP contribution in [0, 0.1) is 0 Å². The van der Waals surface area contributed by atoms with Crippen molar-refractivity contribution in [3.05, 3.63) is 60.8 Å².